The number of aryl methyl sites for hydroxylation is 2. The summed E-state index contributed by atoms with van der Waals surface area (Å²) < 4.78 is 29.2. The van der Waals surface area contributed by atoms with Crippen molar-refractivity contribution in [2.75, 3.05) is 17.1 Å². The van der Waals surface area contributed by atoms with E-state index in [9.17, 15) is 18.0 Å². The molecular weight excluding hydrogens is 567 g/mol. The first-order chi connectivity index (χ1) is 20.1. The summed E-state index contributed by atoms with van der Waals surface area (Å²) >= 11 is 1.52. The molecule has 4 rings (SSSR count). The molecule has 0 aromatic heterocycles. The van der Waals surface area contributed by atoms with Crippen LogP contribution in [0.4, 0.5) is 5.69 Å². The van der Waals surface area contributed by atoms with Gasteiger partial charge in [0.15, 0.2) is 0 Å². The van der Waals surface area contributed by atoms with Gasteiger partial charge in [-0.05, 0) is 81.8 Å². The molecule has 0 bridgehead atoms. The van der Waals surface area contributed by atoms with Crippen LogP contribution in [0.3, 0.4) is 0 Å². The second-order valence-electron chi connectivity index (χ2n) is 11.1. The summed E-state index contributed by atoms with van der Waals surface area (Å²) in [6.07, 6.45) is 7.11. The summed E-state index contributed by atoms with van der Waals surface area (Å²) in [5.74, 6) is -0.673. The van der Waals surface area contributed by atoms with Crippen LogP contribution in [0.1, 0.15) is 55.7 Å². The molecule has 2 amide bonds. The molecule has 0 heterocycles. The number of benzene rings is 3. The SMILES string of the molecule is CSc1ccc(S(=O)(=O)N(CC(=O)N(Cc2cccc(C)c2)[C@@H](C)C(=O)NC2CCCCC2)c2ccc(C)cc2)cc1. The molecule has 3 aromatic carbocycles. The molecule has 1 fully saturated rings. The van der Waals surface area contributed by atoms with E-state index in [1.165, 1.54) is 23.1 Å². The highest BCUT2D eigenvalue weighted by Gasteiger charge is 2.33. The van der Waals surface area contributed by atoms with Crippen LogP contribution >= 0.6 is 11.8 Å². The fourth-order valence-corrected chi connectivity index (χ4v) is 7.10. The first kappa shape index (κ1) is 31.6. The van der Waals surface area contributed by atoms with Crippen molar-refractivity contribution in [2.24, 2.45) is 0 Å². The average Bonchev–Trinajstić information content (AvgIpc) is 2.99. The second kappa shape index (κ2) is 14.2. The number of nitrogens with one attached hydrogen (secondary N) is 1. The molecule has 0 aliphatic heterocycles. The summed E-state index contributed by atoms with van der Waals surface area (Å²) in [6, 6.07) is 20.8. The molecule has 1 atom stereocenters. The number of sulfonamides is 1. The van der Waals surface area contributed by atoms with Gasteiger partial charge in [-0.2, -0.15) is 0 Å². The third kappa shape index (κ3) is 7.95. The first-order valence-corrected chi connectivity index (χ1v) is 17.1. The van der Waals surface area contributed by atoms with Crippen molar-refractivity contribution in [3.63, 3.8) is 0 Å². The molecule has 1 saturated carbocycles. The molecule has 1 aliphatic carbocycles. The fraction of sp³-hybridized carbons (Fsp3) is 0.394. The summed E-state index contributed by atoms with van der Waals surface area (Å²) in [5.41, 5.74) is 3.27. The van der Waals surface area contributed by atoms with Crippen molar-refractivity contribution >= 4 is 39.3 Å². The number of thioether (sulfide) groups is 1. The van der Waals surface area contributed by atoms with Gasteiger partial charge in [-0.1, -0.05) is 66.8 Å². The molecule has 0 radical (unpaired) electrons. The van der Waals surface area contributed by atoms with Crippen LogP contribution < -0.4 is 9.62 Å². The van der Waals surface area contributed by atoms with Gasteiger partial charge >= 0.3 is 0 Å². The van der Waals surface area contributed by atoms with E-state index in [-0.39, 0.29) is 23.4 Å². The highest BCUT2D eigenvalue weighted by Crippen LogP contribution is 2.27. The number of rotatable bonds is 11. The quantitative estimate of drug-likeness (QED) is 0.267. The van der Waals surface area contributed by atoms with E-state index in [4.69, 9.17) is 0 Å². The lowest BCUT2D eigenvalue weighted by Gasteiger charge is -2.33. The molecule has 1 aliphatic rings. The normalized spacial score (nSPS) is 14.7. The molecule has 9 heteroatoms. The molecular formula is C33H41N3O4S2. The van der Waals surface area contributed by atoms with E-state index in [1.54, 1.807) is 43.3 Å². The van der Waals surface area contributed by atoms with Crippen LogP contribution in [-0.4, -0.2) is 50.0 Å². The zero-order valence-electron chi connectivity index (χ0n) is 24.9. The van der Waals surface area contributed by atoms with Gasteiger partial charge in [-0.25, -0.2) is 8.42 Å². The molecule has 0 saturated heterocycles. The lowest BCUT2D eigenvalue weighted by atomic mass is 9.95. The number of nitrogens with zero attached hydrogens (tertiary/aromatic N) is 2. The standard InChI is InChI=1S/C33H41N3O4S2/c1-24-13-15-29(16-14-24)36(42(39,40)31-19-17-30(41-4)18-20-31)23-32(37)35(22-27-10-8-9-25(2)21-27)26(3)33(38)34-28-11-6-5-7-12-28/h8-10,13-21,26,28H,5-7,11-12,22-23H2,1-4H3,(H,34,38)/t26-/m0/s1. The number of carbonyl (C=O) groups excluding carboxylic acids is 2. The second-order valence-corrected chi connectivity index (χ2v) is 13.8. The van der Waals surface area contributed by atoms with Crippen LogP contribution in [-0.2, 0) is 26.2 Å². The van der Waals surface area contributed by atoms with Crippen LogP contribution in [0.15, 0.2) is 82.6 Å². The first-order valence-electron chi connectivity index (χ1n) is 14.5. The van der Waals surface area contributed by atoms with Crippen molar-refractivity contribution in [1.82, 2.24) is 10.2 Å². The molecule has 1 N–H and O–H groups in total. The Kier molecular flexibility index (Phi) is 10.7. The van der Waals surface area contributed by atoms with Gasteiger partial charge in [0.05, 0.1) is 10.6 Å². The minimum absolute atomic E-state index is 0.0957. The van der Waals surface area contributed by atoms with Crippen LogP contribution in [0.25, 0.3) is 0 Å². The van der Waals surface area contributed by atoms with Crippen molar-refractivity contribution in [1.29, 1.82) is 0 Å². The van der Waals surface area contributed by atoms with Crippen LogP contribution in [0.5, 0.6) is 0 Å². The van der Waals surface area contributed by atoms with E-state index in [0.29, 0.717) is 5.69 Å². The van der Waals surface area contributed by atoms with Gasteiger partial charge in [0.1, 0.15) is 12.6 Å². The third-order valence-electron chi connectivity index (χ3n) is 7.80. The van der Waals surface area contributed by atoms with Gasteiger partial charge in [0.2, 0.25) is 11.8 Å². The summed E-state index contributed by atoms with van der Waals surface area (Å²) in [7, 11) is -4.09. The zero-order chi connectivity index (χ0) is 30.3. The Morgan fingerprint density at radius 1 is 0.929 bits per heavy atom. The number of hydrogen-bond donors (Lipinski definition) is 1. The smallest absolute Gasteiger partial charge is 0.264 e. The number of anilines is 1. The van der Waals surface area contributed by atoms with E-state index < -0.39 is 28.5 Å². The molecule has 7 nitrogen and oxygen atoms in total. The predicted octanol–water partition coefficient (Wildman–Crippen LogP) is 6.09. The van der Waals surface area contributed by atoms with Gasteiger partial charge in [0, 0.05) is 17.5 Å². The maximum atomic E-state index is 14.1. The lowest BCUT2D eigenvalue weighted by molar-refractivity contribution is -0.139. The van der Waals surface area contributed by atoms with Gasteiger partial charge < -0.3 is 10.2 Å². The van der Waals surface area contributed by atoms with E-state index in [2.05, 4.69) is 5.32 Å². The van der Waals surface area contributed by atoms with Gasteiger partial charge in [-0.3, -0.25) is 13.9 Å². The summed E-state index contributed by atoms with van der Waals surface area (Å²) in [4.78, 5) is 30.1. The van der Waals surface area contributed by atoms with Crippen LogP contribution in [0, 0.1) is 13.8 Å². The van der Waals surface area contributed by atoms with Gasteiger partial charge in [0.25, 0.3) is 10.0 Å². The molecule has 42 heavy (non-hydrogen) atoms. The average molecular weight is 608 g/mol. The van der Waals surface area contributed by atoms with E-state index in [0.717, 1.165) is 51.6 Å². The van der Waals surface area contributed by atoms with Crippen molar-refractivity contribution < 1.29 is 18.0 Å². The minimum Gasteiger partial charge on any atom is -0.352 e. The zero-order valence-corrected chi connectivity index (χ0v) is 26.5. The maximum absolute atomic E-state index is 14.1. The Labute approximate surface area is 254 Å². The van der Waals surface area contributed by atoms with E-state index >= 15 is 0 Å². The highest BCUT2D eigenvalue weighted by molar-refractivity contribution is 7.98. The molecule has 0 unspecified atom stereocenters. The van der Waals surface area contributed by atoms with Gasteiger partial charge in [-0.15, -0.1) is 11.8 Å². The summed E-state index contributed by atoms with van der Waals surface area (Å²) in [5, 5.41) is 3.14. The Morgan fingerprint density at radius 3 is 2.21 bits per heavy atom. The Hall–Kier alpha value is -3.30. The Bertz CT molecular complexity index is 1470. The van der Waals surface area contributed by atoms with Crippen LogP contribution in [0.2, 0.25) is 0 Å². The summed E-state index contributed by atoms with van der Waals surface area (Å²) in [6.45, 7) is 5.36. The number of hydrogen-bond acceptors (Lipinski definition) is 5. The highest BCUT2D eigenvalue weighted by atomic mass is 32.2. The van der Waals surface area contributed by atoms with Crippen molar-refractivity contribution in [2.45, 2.75) is 81.3 Å². The minimum atomic E-state index is -4.09. The number of carbonyl (C=O) groups is 2. The molecule has 0 spiro atoms. The Balaban J connectivity index is 1.67. The fourth-order valence-electron chi connectivity index (χ4n) is 5.27. The molecule has 3 aromatic rings. The third-order valence-corrected chi connectivity index (χ3v) is 10.3. The predicted molar refractivity (Wildman–Crippen MR) is 170 cm³/mol. The molecule has 224 valence electrons. The monoisotopic (exact) mass is 607 g/mol. The van der Waals surface area contributed by atoms with E-state index in [1.807, 2.05) is 56.5 Å². The van der Waals surface area contributed by atoms with Crippen molar-refractivity contribution in [3.8, 4) is 0 Å². The Morgan fingerprint density at radius 2 is 1.60 bits per heavy atom. The topological polar surface area (TPSA) is 86.8 Å². The van der Waals surface area contributed by atoms with Crippen molar-refractivity contribution in [3.05, 3.63) is 89.5 Å². The largest absolute Gasteiger partial charge is 0.352 e. The lowest BCUT2D eigenvalue weighted by Crippen LogP contribution is -2.53. The number of amides is 2. The maximum Gasteiger partial charge on any atom is 0.264 e.